The molecule has 1 aliphatic heterocycles. The zero-order valence-corrected chi connectivity index (χ0v) is 12.6. The van der Waals surface area contributed by atoms with Crippen LogP contribution in [0.4, 0.5) is 10.5 Å². The predicted molar refractivity (Wildman–Crippen MR) is 81.5 cm³/mol. The first-order valence-corrected chi connectivity index (χ1v) is 7.40. The van der Waals surface area contributed by atoms with Gasteiger partial charge in [0, 0.05) is 18.8 Å². The molecular weight excluding hydrogens is 268 g/mol. The van der Waals surface area contributed by atoms with Gasteiger partial charge in [-0.15, -0.1) is 0 Å². The third kappa shape index (κ3) is 3.54. The van der Waals surface area contributed by atoms with E-state index < -0.39 is 11.9 Å². The number of carbonyl (C=O) groups is 2. The molecule has 0 aliphatic carbocycles. The number of hydrogen-bond acceptors (Lipinski definition) is 2. The lowest BCUT2D eigenvalue weighted by Crippen LogP contribution is -2.44. The van der Waals surface area contributed by atoms with Gasteiger partial charge in [0.25, 0.3) is 0 Å². The number of piperidine rings is 1. The molecule has 1 aromatic rings. The van der Waals surface area contributed by atoms with E-state index in [1.54, 1.807) is 4.90 Å². The van der Waals surface area contributed by atoms with Gasteiger partial charge < -0.3 is 15.3 Å². The van der Waals surface area contributed by atoms with E-state index in [1.807, 2.05) is 32.0 Å². The van der Waals surface area contributed by atoms with E-state index >= 15 is 0 Å². The number of nitrogens with zero attached hydrogens (tertiary/aromatic N) is 1. The van der Waals surface area contributed by atoms with E-state index in [0.29, 0.717) is 13.0 Å². The van der Waals surface area contributed by atoms with Crippen LogP contribution in [0.25, 0.3) is 0 Å². The quantitative estimate of drug-likeness (QED) is 0.899. The Hall–Kier alpha value is -2.04. The number of aryl methyl sites for hydroxylation is 2. The molecule has 1 saturated heterocycles. The zero-order valence-electron chi connectivity index (χ0n) is 12.6. The maximum atomic E-state index is 12.4. The molecule has 0 radical (unpaired) electrons. The highest BCUT2D eigenvalue weighted by molar-refractivity contribution is 5.91. The molecule has 0 saturated carbocycles. The van der Waals surface area contributed by atoms with Crippen LogP contribution in [0.1, 0.15) is 30.9 Å². The Morgan fingerprint density at radius 2 is 2.19 bits per heavy atom. The van der Waals surface area contributed by atoms with E-state index in [9.17, 15) is 9.59 Å². The number of anilines is 1. The smallest absolute Gasteiger partial charge is 0.321 e. The summed E-state index contributed by atoms with van der Waals surface area (Å²) in [4.78, 5) is 25.1. The second-order valence-electron chi connectivity index (χ2n) is 5.52. The molecule has 0 bridgehead atoms. The molecule has 0 spiro atoms. The van der Waals surface area contributed by atoms with Crippen molar-refractivity contribution in [2.75, 3.05) is 18.4 Å². The van der Waals surface area contributed by atoms with Gasteiger partial charge in [-0.3, -0.25) is 4.79 Å². The van der Waals surface area contributed by atoms with E-state index in [2.05, 4.69) is 5.32 Å². The fourth-order valence-corrected chi connectivity index (χ4v) is 2.75. The number of carboxylic acid groups (broad SMARTS) is 1. The largest absolute Gasteiger partial charge is 0.481 e. The monoisotopic (exact) mass is 290 g/mol. The topological polar surface area (TPSA) is 69.6 Å². The van der Waals surface area contributed by atoms with Crippen LogP contribution < -0.4 is 5.32 Å². The minimum atomic E-state index is -0.822. The van der Waals surface area contributed by atoms with E-state index in [4.69, 9.17) is 5.11 Å². The lowest BCUT2D eigenvalue weighted by atomic mass is 9.98. The molecule has 1 aliphatic rings. The van der Waals surface area contributed by atoms with Crippen molar-refractivity contribution in [3.63, 3.8) is 0 Å². The first kappa shape index (κ1) is 15.4. The van der Waals surface area contributed by atoms with Gasteiger partial charge in [-0.05, 0) is 37.3 Å². The molecule has 2 amide bonds. The van der Waals surface area contributed by atoms with Crippen molar-refractivity contribution < 1.29 is 14.7 Å². The number of likely N-dealkylation sites (tertiary alicyclic amines) is 1. The van der Waals surface area contributed by atoms with Gasteiger partial charge in [0.2, 0.25) is 0 Å². The molecular formula is C16H22N2O3. The second kappa shape index (κ2) is 6.61. The first-order chi connectivity index (χ1) is 10.0. The highest BCUT2D eigenvalue weighted by atomic mass is 16.4. The Labute approximate surface area is 125 Å². The molecule has 1 heterocycles. The maximum Gasteiger partial charge on any atom is 0.321 e. The van der Waals surface area contributed by atoms with Gasteiger partial charge in [-0.2, -0.15) is 0 Å². The Bertz CT molecular complexity index is 542. The third-order valence-corrected chi connectivity index (χ3v) is 4.03. The van der Waals surface area contributed by atoms with Gasteiger partial charge in [-0.25, -0.2) is 4.79 Å². The van der Waals surface area contributed by atoms with E-state index in [1.165, 1.54) is 0 Å². The van der Waals surface area contributed by atoms with Gasteiger partial charge in [0.05, 0.1) is 5.92 Å². The van der Waals surface area contributed by atoms with Crippen molar-refractivity contribution >= 4 is 17.7 Å². The van der Waals surface area contributed by atoms with Crippen molar-refractivity contribution in [1.82, 2.24) is 4.90 Å². The first-order valence-electron chi connectivity index (χ1n) is 7.40. The van der Waals surface area contributed by atoms with Crippen LogP contribution in [0, 0.1) is 12.8 Å². The fraction of sp³-hybridized carbons (Fsp3) is 0.500. The number of carboxylic acids is 1. The predicted octanol–water partition coefficient (Wildman–Crippen LogP) is 2.89. The number of aliphatic carboxylic acids is 1. The van der Waals surface area contributed by atoms with Crippen LogP contribution in [0.15, 0.2) is 18.2 Å². The summed E-state index contributed by atoms with van der Waals surface area (Å²) in [7, 11) is 0. The number of benzene rings is 1. The Kier molecular flexibility index (Phi) is 4.83. The summed E-state index contributed by atoms with van der Waals surface area (Å²) in [6.07, 6.45) is 2.22. The zero-order chi connectivity index (χ0) is 15.4. The molecule has 5 nitrogen and oxygen atoms in total. The molecule has 1 aromatic carbocycles. The summed E-state index contributed by atoms with van der Waals surface area (Å²) < 4.78 is 0. The number of carbonyl (C=O) groups excluding carboxylic acids is 1. The number of rotatable bonds is 3. The van der Waals surface area contributed by atoms with E-state index in [0.717, 1.165) is 29.7 Å². The highest BCUT2D eigenvalue weighted by Crippen LogP contribution is 2.23. The van der Waals surface area contributed by atoms with E-state index in [-0.39, 0.29) is 12.6 Å². The minimum Gasteiger partial charge on any atom is -0.481 e. The van der Waals surface area contributed by atoms with Gasteiger partial charge in [-0.1, -0.05) is 25.1 Å². The van der Waals surface area contributed by atoms with Crippen molar-refractivity contribution in [3.05, 3.63) is 29.3 Å². The molecule has 114 valence electrons. The highest BCUT2D eigenvalue weighted by Gasteiger charge is 2.28. The molecule has 2 rings (SSSR count). The maximum absolute atomic E-state index is 12.4. The molecule has 0 unspecified atom stereocenters. The van der Waals surface area contributed by atoms with Crippen LogP contribution >= 0.6 is 0 Å². The minimum absolute atomic E-state index is 0.204. The van der Waals surface area contributed by atoms with Crippen LogP contribution in [0.5, 0.6) is 0 Å². The summed E-state index contributed by atoms with van der Waals surface area (Å²) in [5, 5.41) is 12.0. The molecule has 21 heavy (non-hydrogen) atoms. The van der Waals surface area contributed by atoms with Crippen molar-refractivity contribution in [3.8, 4) is 0 Å². The number of urea groups is 1. The Morgan fingerprint density at radius 1 is 1.43 bits per heavy atom. The van der Waals surface area contributed by atoms with Crippen LogP contribution in [-0.4, -0.2) is 35.1 Å². The standard InChI is InChI=1S/C16H22N2O3/c1-3-12-7-4-6-11(2)14(12)17-16(21)18-9-5-8-13(10-18)15(19)20/h4,6-7,13H,3,5,8-10H2,1-2H3,(H,17,21)(H,19,20)/t13-/m1/s1. The lowest BCUT2D eigenvalue weighted by Gasteiger charge is -2.31. The third-order valence-electron chi connectivity index (χ3n) is 4.03. The van der Waals surface area contributed by atoms with Gasteiger partial charge in [0.15, 0.2) is 0 Å². The average molecular weight is 290 g/mol. The van der Waals surface area contributed by atoms with Crippen LogP contribution in [0.3, 0.4) is 0 Å². The number of nitrogens with one attached hydrogen (secondary N) is 1. The summed E-state index contributed by atoms with van der Waals surface area (Å²) >= 11 is 0. The number of para-hydroxylation sites is 1. The van der Waals surface area contributed by atoms with Crippen LogP contribution in [-0.2, 0) is 11.2 Å². The van der Waals surface area contributed by atoms with Crippen LogP contribution in [0.2, 0.25) is 0 Å². The molecule has 5 heteroatoms. The average Bonchev–Trinajstić information content (AvgIpc) is 2.49. The molecule has 1 fully saturated rings. The van der Waals surface area contributed by atoms with Gasteiger partial charge in [0.1, 0.15) is 0 Å². The molecule has 1 atom stereocenters. The summed E-state index contributed by atoms with van der Waals surface area (Å²) in [5.41, 5.74) is 2.96. The Balaban J connectivity index is 2.09. The summed E-state index contributed by atoms with van der Waals surface area (Å²) in [5.74, 6) is -1.27. The van der Waals surface area contributed by atoms with Gasteiger partial charge >= 0.3 is 12.0 Å². The number of amides is 2. The number of hydrogen-bond donors (Lipinski definition) is 2. The lowest BCUT2D eigenvalue weighted by molar-refractivity contribution is -0.143. The SMILES string of the molecule is CCc1cccc(C)c1NC(=O)N1CCC[C@@H](C(=O)O)C1. The normalized spacial score (nSPS) is 18.4. The molecule has 0 aromatic heterocycles. The van der Waals surface area contributed by atoms with Crippen molar-refractivity contribution in [2.45, 2.75) is 33.1 Å². The summed E-state index contributed by atoms with van der Waals surface area (Å²) in [6.45, 7) is 4.91. The second-order valence-corrected chi connectivity index (χ2v) is 5.52. The van der Waals surface area contributed by atoms with Crippen molar-refractivity contribution in [2.24, 2.45) is 5.92 Å². The Morgan fingerprint density at radius 3 is 2.86 bits per heavy atom. The molecule has 2 N–H and O–H groups in total. The fourth-order valence-electron chi connectivity index (χ4n) is 2.75. The van der Waals surface area contributed by atoms with Crippen molar-refractivity contribution in [1.29, 1.82) is 0 Å². The summed E-state index contributed by atoms with van der Waals surface area (Å²) in [6, 6.07) is 5.74.